The molecule has 0 bridgehead atoms. The van der Waals surface area contributed by atoms with E-state index < -0.39 is 0 Å². The maximum Gasteiger partial charge on any atom is 0.131 e. The van der Waals surface area contributed by atoms with E-state index in [9.17, 15) is 0 Å². The first kappa shape index (κ1) is 18.5. The minimum absolute atomic E-state index is 0.522. The second kappa shape index (κ2) is 9.99. The fourth-order valence-electron chi connectivity index (χ4n) is 4.49. The Balaban J connectivity index is 1.81. The molecule has 0 spiro atoms. The molecule has 0 atom stereocenters. The highest BCUT2D eigenvalue weighted by atomic mass is 16.5. The summed E-state index contributed by atoms with van der Waals surface area (Å²) in [7, 11) is 0. The summed E-state index contributed by atoms with van der Waals surface area (Å²) in [6, 6.07) is 7.21. The molecule has 3 rings (SSSR count). The lowest BCUT2D eigenvalue weighted by molar-refractivity contribution is 0.329. The number of hydrogen-bond donors (Lipinski definition) is 0. The van der Waals surface area contributed by atoms with Gasteiger partial charge in [0.05, 0.1) is 6.61 Å². The molecule has 2 aliphatic carbocycles. The molecule has 0 amide bonds. The number of para-hydroxylation sites is 1. The van der Waals surface area contributed by atoms with Gasteiger partial charge in [-0.1, -0.05) is 63.5 Å². The molecular formula is C23H35NO. The van der Waals surface area contributed by atoms with Crippen LogP contribution in [-0.2, 0) is 0 Å². The van der Waals surface area contributed by atoms with Gasteiger partial charge < -0.3 is 4.74 Å². The number of benzene rings is 1. The zero-order valence-corrected chi connectivity index (χ0v) is 16.0. The molecule has 25 heavy (non-hydrogen) atoms. The zero-order chi connectivity index (χ0) is 17.3. The quantitative estimate of drug-likeness (QED) is 0.548. The van der Waals surface area contributed by atoms with E-state index in [4.69, 9.17) is 9.73 Å². The van der Waals surface area contributed by atoms with Gasteiger partial charge in [0, 0.05) is 17.8 Å². The van der Waals surface area contributed by atoms with Gasteiger partial charge in [-0.3, -0.25) is 4.99 Å². The molecule has 2 fully saturated rings. The highest BCUT2D eigenvalue weighted by Gasteiger charge is 2.19. The summed E-state index contributed by atoms with van der Waals surface area (Å²) in [5, 5.41) is 0. The second-order valence-corrected chi connectivity index (χ2v) is 7.81. The summed E-state index contributed by atoms with van der Waals surface area (Å²) < 4.78 is 6.14. The Morgan fingerprint density at radius 1 is 0.920 bits per heavy atom. The van der Waals surface area contributed by atoms with E-state index in [1.807, 2.05) is 0 Å². The molecule has 2 nitrogen and oxygen atoms in total. The highest BCUT2D eigenvalue weighted by molar-refractivity contribution is 5.84. The average Bonchev–Trinajstić information content (AvgIpc) is 2.62. The van der Waals surface area contributed by atoms with Gasteiger partial charge in [-0.05, 0) is 50.2 Å². The van der Waals surface area contributed by atoms with Crippen molar-refractivity contribution < 1.29 is 4.74 Å². The Hall–Kier alpha value is -1.31. The predicted molar refractivity (Wildman–Crippen MR) is 107 cm³/mol. The summed E-state index contributed by atoms with van der Waals surface area (Å²) in [6.07, 6.45) is 18.2. The van der Waals surface area contributed by atoms with Gasteiger partial charge in [-0.25, -0.2) is 0 Å². The van der Waals surface area contributed by atoms with Crippen LogP contribution in [0.4, 0.5) is 0 Å². The van der Waals surface area contributed by atoms with Crippen molar-refractivity contribution in [2.24, 2.45) is 4.99 Å². The molecule has 0 aromatic heterocycles. The van der Waals surface area contributed by atoms with Crippen LogP contribution in [0.3, 0.4) is 0 Å². The Morgan fingerprint density at radius 3 is 2.28 bits per heavy atom. The molecule has 0 radical (unpaired) electrons. The van der Waals surface area contributed by atoms with Crippen LogP contribution in [0, 0.1) is 0 Å². The Labute approximate surface area is 154 Å². The van der Waals surface area contributed by atoms with E-state index in [-0.39, 0.29) is 0 Å². The van der Waals surface area contributed by atoms with E-state index in [1.54, 1.807) is 0 Å². The van der Waals surface area contributed by atoms with Crippen LogP contribution in [0.5, 0.6) is 5.75 Å². The Morgan fingerprint density at radius 2 is 1.56 bits per heavy atom. The molecule has 1 aromatic rings. The van der Waals surface area contributed by atoms with Gasteiger partial charge in [0.1, 0.15) is 5.75 Å². The lowest BCUT2D eigenvalue weighted by Crippen LogP contribution is -2.11. The van der Waals surface area contributed by atoms with Gasteiger partial charge in [-0.2, -0.15) is 0 Å². The summed E-state index contributed by atoms with van der Waals surface area (Å²) in [5.41, 5.74) is 2.61. The molecule has 0 heterocycles. The molecule has 0 N–H and O–H groups in total. The SMILES string of the molecule is CCOc1c(C=NC2CCCCC2)cccc1C1CCCCCCC1. The predicted octanol–water partition coefficient (Wildman–Crippen LogP) is 6.66. The molecule has 0 saturated heterocycles. The van der Waals surface area contributed by atoms with Gasteiger partial charge in [-0.15, -0.1) is 0 Å². The van der Waals surface area contributed by atoms with E-state index in [0.29, 0.717) is 12.0 Å². The van der Waals surface area contributed by atoms with E-state index in [1.165, 1.54) is 88.2 Å². The number of aliphatic imine (C=N–C) groups is 1. The smallest absolute Gasteiger partial charge is 0.131 e. The summed E-state index contributed by atoms with van der Waals surface area (Å²) in [4.78, 5) is 4.91. The second-order valence-electron chi connectivity index (χ2n) is 7.81. The standard InChI is InChI=1S/C23H35NO/c1-2-25-23-20(18-24-21-15-9-6-10-16-21)14-11-17-22(23)19-12-7-4-3-5-8-13-19/h11,14,17-19,21H,2-10,12-13,15-16H2,1H3. The number of rotatable bonds is 5. The van der Waals surface area contributed by atoms with Crippen molar-refractivity contribution in [3.05, 3.63) is 29.3 Å². The molecule has 0 aliphatic heterocycles. The molecular weight excluding hydrogens is 306 g/mol. The van der Waals surface area contributed by atoms with Crippen LogP contribution in [0.2, 0.25) is 0 Å². The molecule has 2 aliphatic rings. The van der Waals surface area contributed by atoms with Crippen LogP contribution in [0.1, 0.15) is 101 Å². The van der Waals surface area contributed by atoms with Crippen molar-refractivity contribution in [1.29, 1.82) is 0 Å². The van der Waals surface area contributed by atoms with Gasteiger partial charge in [0.2, 0.25) is 0 Å². The third-order valence-electron chi connectivity index (χ3n) is 5.91. The van der Waals surface area contributed by atoms with Crippen molar-refractivity contribution in [3.8, 4) is 5.75 Å². The van der Waals surface area contributed by atoms with Crippen molar-refractivity contribution in [2.45, 2.75) is 95.9 Å². The first-order valence-corrected chi connectivity index (χ1v) is 10.7. The highest BCUT2D eigenvalue weighted by Crippen LogP contribution is 2.37. The van der Waals surface area contributed by atoms with Crippen molar-refractivity contribution in [2.75, 3.05) is 6.61 Å². The number of ether oxygens (including phenoxy) is 1. The average molecular weight is 342 g/mol. The topological polar surface area (TPSA) is 21.6 Å². The van der Waals surface area contributed by atoms with E-state index in [2.05, 4.69) is 31.3 Å². The van der Waals surface area contributed by atoms with Crippen LogP contribution in [-0.4, -0.2) is 18.9 Å². The first-order chi connectivity index (χ1) is 12.4. The fraction of sp³-hybridized carbons (Fsp3) is 0.696. The van der Waals surface area contributed by atoms with Crippen molar-refractivity contribution in [1.82, 2.24) is 0 Å². The third kappa shape index (κ3) is 5.33. The van der Waals surface area contributed by atoms with Crippen LogP contribution in [0.15, 0.2) is 23.2 Å². The van der Waals surface area contributed by atoms with E-state index in [0.717, 1.165) is 12.4 Å². The lowest BCUT2D eigenvalue weighted by atomic mass is 9.85. The minimum atomic E-state index is 0.522. The first-order valence-electron chi connectivity index (χ1n) is 10.7. The van der Waals surface area contributed by atoms with Crippen molar-refractivity contribution >= 4 is 6.21 Å². The molecule has 1 aromatic carbocycles. The molecule has 2 heteroatoms. The summed E-state index contributed by atoms with van der Waals surface area (Å²) in [5.74, 6) is 1.76. The molecule has 0 unspecified atom stereocenters. The maximum atomic E-state index is 6.14. The monoisotopic (exact) mass is 341 g/mol. The maximum absolute atomic E-state index is 6.14. The van der Waals surface area contributed by atoms with Gasteiger partial charge in [0.15, 0.2) is 0 Å². The van der Waals surface area contributed by atoms with Crippen LogP contribution in [0.25, 0.3) is 0 Å². The van der Waals surface area contributed by atoms with Gasteiger partial charge in [0.25, 0.3) is 0 Å². The summed E-state index contributed by atoms with van der Waals surface area (Å²) >= 11 is 0. The number of hydrogen-bond acceptors (Lipinski definition) is 2. The number of nitrogens with zero attached hydrogens (tertiary/aromatic N) is 1. The normalized spacial score (nSPS) is 21.2. The minimum Gasteiger partial charge on any atom is -0.493 e. The molecule has 2 saturated carbocycles. The van der Waals surface area contributed by atoms with Crippen molar-refractivity contribution in [3.63, 3.8) is 0 Å². The lowest BCUT2D eigenvalue weighted by Gasteiger charge is -2.23. The van der Waals surface area contributed by atoms with Crippen LogP contribution < -0.4 is 4.74 Å². The summed E-state index contributed by atoms with van der Waals surface area (Å²) in [6.45, 7) is 2.82. The third-order valence-corrected chi connectivity index (χ3v) is 5.91. The Kier molecular flexibility index (Phi) is 7.38. The van der Waals surface area contributed by atoms with E-state index >= 15 is 0 Å². The Bertz CT molecular complexity index is 537. The van der Waals surface area contributed by atoms with Gasteiger partial charge >= 0.3 is 0 Å². The fourth-order valence-corrected chi connectivity index (χ4v) is 4.49. The van der Waals surface area contributed by atoms with Crippen LogP contribution >= 0.6 is 0 Å². The zero-order valence-electron chi connectivity index (χ0n) is 16.0. The largest absolute Gasteiger partial charge is 0.493 e. The molecule has 138 valence electrons.